The molecule has 0 aromatic rings. The number of aliphatic hydroxyl groups excluding tert-OH is 1. The summed E-state index contributed by atoms with van der Waals surface area (Å²) >= 11 is 0. The van der Waals surface area contributed by atoms with E-state index in [1.807, 2.05) is 0 Å². The minimum absolute atomic E-state index is 0.119. The number of ether oxygens (including phenoxy) is 1. The summed E-state index contributed by atoms with van der Waals surface area (Å²) in [4.78, 5) is 0. The molecule has 2 unspecified atom stereocenters. The molecule has 0 rings (SSSR count). The zero-order chi connectivity index (χ0) is 13.1. The average Bonchev–Trinajstić information content (AvgIpc) is 2.35. The highest BCUT2D eigenvalue weighted by atomic mass is 16.5. The lowest BCUT2D eigenvalue weighted by atomic mass is 9.95. The normalized spacial score (nSPS) is 16.8. The van der Waals surface area contributed by atoms with Crippen molar-refractivity contribution in [3.05, 3.63) is 0 Å². The van der Waals surface area contributed by atoms with E-state index in [-0.39, 0.29) is 12.1 Å². The summed E-state index contributed by atoms with van der Waals surface area (Å²) in [6.07, 6.45) is 5.74. The molecule has 0 aliphatic rings. The summed E-state index contributed by atoms with van der Waals surface area (Å²) in [6.45, 7) is 10.5. The predicted molar refractivity (Wildman–Crippen MR) is 73.3 cm³/mol. The van der Waals surface area contributed by atoms with E-state index < -0.39 is 0 Å². The van der Waals surface area contributed by atoms with Gasteiger partial charge in [0.1, 0.15) is 0 Å². The lowest BCUT2D eigenvalue weighted by molar-refractivity contribution is 0.0587. The quantitative estimate of drug-likeness (QED) is 0.550. The van der Waals surface area contributed by atoms with E-state index in [9.17, 15) is 5.11 Å². The fraction of sp³-hybridized carbons (Fsp3) is 1.00. The van der Waals surface area contributed by atoms with Crippen molar-refractivity contribution < 1.29 is 9.84 Å². The van der Waals surface area contributed by atoms with E-state index in [0.29, 0.717) is 6.10 Å². The van der Waals surface area contributed by atoms with Gasteiger partial charge in [-0.1, -0.05) is 13.8 Å². The number of hydrogen-bond donors (Lipinski definition) is 2. The SMILES string of the molecule is CCCNC(C)(CO)CCCCOC(C)CC. The summed E-state index contributed by atoms with van der Waals surface area (Å²) in [7, 11) is 0. The smallest absolute Gasteiger partial charge is 0.0610 e. The Balaban J connectivity index is 3.62. The fourth-order valence-corrected chi connectivity index (χ4v) is 1.67. The van der Waals surface area contributed by atoms with Crippen molar-refractivity contribution in [2.45, 2.75) is 71.4 Å². The Kier molecular flexibility index (Phi) is 9.79. The highest BCUT2D eigenvalue weighted by molar-refractivity contribution is 4.81. The molecule has 0 spiro atoms. The van der Waals surface area contributed by atoms with Crippen molar-refractivity contribution in [2.24, 2.45) is 0 Å². The largest absolute Gasteiger partial charge is 0.394 e. The number of unbranched alkanes of at least 4 members (excludes halogenated alkanes) is 1. The monoisotopic (exact) mass is 245 g/mol. The first-order valence-corrected chi connectivity index (χ1v) is 7.05. The molecule has 0 aliphatic heterocycles. The molecule has 0 amide bonds. The Labute approximate surface area is 107 Å². The summed E-state index contributed by atoms with van der Waals surface area (Å²) in [6, 6.07) is 0. The third-order valence-corrected chi connectivity index (χ3v) is 3.25. The van der Waals surface area contributed by atoms with Crippen molar-refractivity contribution in [1.29, 1.82) is 0 Å². The Bertz CT molecular complexity index is 176. The van der Waals surface area contributed by atoms with Gasteiger partial charge < -0.3 is 15.2 Å². The second-order valence-corrected chi connectivity index (χ2v) is 5.19. The number of aliphatic hydroxyl groups is 1. The van der Waals surface area contributed by atoms with Crippen LogP contribution in [0.25, 0.3) is 0 Å². The van der Waals surface area contributed by atoms with Gasteiger partial charge in [0.2, 0.25) is 0 Å². The summed E-state index contributed by atoms with van der Waals surface area (Å²) in [5.41, 5.74) is -0.119. The molecule has 3 nitrogen and oxygen atoms in total. The Hall–Kier alpha value is -0.120. The summed E-state index contributed by atoms with van der Waals surface area (Å²) in [5.74, 6) is 0. The molecule has 2 N–H and O–H groups in total. The van der Waals surface area contributed by atoms with Gasteiger partial charge in [0.25, 0.3) is 0 Å². The number of nitrogens with one attached hydrogen (secondary N) is 1. The molecule has 0 heterocycles. The van der Waals surface area contributed by atoms with Crippen molar-refractivity contribution in [2.75, 3.05) is 19.8 Å². The highest BCUT2D eigenvalue weighted by Gasteiger charge is 2.21. The lowest BCUT2D eigenvalue weighted by Gasteiger charge is -2.29. The molecule has 0 aliphatic carbocycles. The maximum absolute atomic E-state index is 9.40. The van der Waals surface area contributed by atoms with Crippen LogP contribution in [0.2, 0.25) is 0 Å². The molecule has 104 valence electrons. The molecular formula is C14H31NO2. The molecule has 2 atom stereocenters. The van der Waals surface area contributed by atoms with E-state index in [2.05, 4.69) is 33.0 Å². The first-order valence-electron chi connectivity index (χ1n) is 7.05. The summed E-state index contributed by atoms with van der Waals surface area (Å²) < 4.78 is 5.64. The standard InChI is InChI=1S/C14H31NO2/c1-5-10-15-14(4,12-16)9-7-8-11-17-13(3)6-2/h13,15-16H,5-12H2,1-4H3. The Morgan fingerprint density at radius 1 is 1.29 bits per heavy atom. The molecule has 3 heteroatoms. The van der Waals surface area contributed by atoms with E-state index in [1.165, 1.54) is 0 Å². The zero-order valence-corrected chi connectivity index (χ0v) is 12.1. The van der Waals surface area contributed by atoms with Gasteiger partial charge in [-0.15, -0.1) is 0 Å². The van der Waals surface area contributed by atoms with Gasteiger partial charge in [0.15, 0.2) is 0 Å². The van der Waals surface area contributed by atoms with E-state index >= 15 is 0 Å². The molecular weight excluding hydrogens is 214 g/mol. The molecule has 0 saturated heterocycles. The molecule has 0 aromatic carbocycles. The Morgan fingerprint density at radius 3 is 2.53 bits per heavy atom. The predicted octanol–water partition coefficient (Wildman–Crippen LogP) is 2.72. The third kappa shape index (κ3) is 8.58. The highest BCUT2D eigenvalue weighted by Crippen LogP contribution is 2.13. The van der Waals surface area contributed by atoms with Gasteiger partial charge in [0.05, 0.1) is 12.7 Å². The van der Waals surface area contributed by atoms with Gasteiger partial charge in [-0.25, -0.2) is 0 Å². The summed E-state index contributed by atoms with van der Waals surface area (Å²) in [5, 5.41) is 12.8. The van der Waals surface area contributed by atoms with E-state index in [1.54, 1.807) is 0 Å². The van der Waals surface area contributed by atoms with Crippen LogP contribution in [0, 0.1) is 0 Å². The average molecular weight is 245 g/mol. The van der Waals surface area contributed by atoms with Crippen LogP contribution in [0.3, 0.4) is 0 Å². The van der Waals surface area contributed by atoms with E-state index in [0.717, 1.165) is 45.3 Å². The van der Waals surface area contributed by atoms with Crippen molar-refractivity contribution in [1.82, 2.24) is 5.32 Å². The first kappa shape index (κ1) is 16.9. The van der Waals surface area contributed by atoms with Crippen LogP contribution in [-0.4, -0.2) is 36.5 Å². The second-order valence-electron chi connectivity index (χ2n) is 5.19. The van der Waals surface area contributed by atoms with Gasteiger partial charge in [-0.05, 0) is 52.5 Å². The van der Waals surface area contributed by atoms with Gasteiger partial charge in [-0.2, -0.15) is 0 Å². The molecule has 0 fully saturated rings. The minimum atomic E-state index is -0.119. The maximum atomic E-state index is 9.40. The van der Waals surface area contributed by atoms with Crippen molar-refractivity contribution >= 4 is 0 Å². The topological polar surface area (TPSA) is 41.5 Å². The zero-order valence-electron chi connectivity index (χ0n) is 12.1. The fourth-order valence-electron chi connectivity index (χ4n) is 1.67. The molecule has 0 aromatic heterocycles. The van der Waals surface area contributed by atoms with Crippen LogP contribution in [0.4, 0.5) is 0 Å². The Morgan fingerprint density at radius 2 is 2.00 bits per heavy atom. The van der Waals surface area contributed by atoms with E-state index in [4.69, 9.17) is 4.74 Å². The molecule has 0 radical (unpaired) electrons. The molecule has 17 heavy (non-hydrogen) atoms. The molecule has 0 bridgehead atoms. The van der Waals surface area contributed by atoms with Crippen LogP contribution in [0.15, 0.2) is 0 Å². The van der Waals surface area contributed by atoms with Crippen molar-refractivity contribution in [3.63, 3.8) is 0 Å². The molecule has 0 saturated carbocycles. The van der Waals surface area contributed by atoms with Crippen LogP contribution < -0.4 is 5.32 Å². The van der Waals surface area contributed by atoms with Crippen molar-refractivity contribution in [3.8, 4) is 0 Å². The van der Waals surface area contributed by atoms with Crippen LogP contribution in [0.1, 0.15) is 59.8 Å². The number of hydrogen-bond acceptors (Lipinski definition) is 3. The number of rotatable bonds is 11. The van der Waals surface area contributed by atoms with Gasteiger partial charge in [0, 0.05) is 12.1 Å². The van der Waals surface area contributed by atoms with Crippen LogP contribution in [-0.2, 0) is 4.74 Å². The first-order chi connectivity index (χ1) is 8.08. The van der Waals surface area contributed by atoms with Gasteiger partial charge in [-0.3, -0.25) is 0 Å². The minimum Gasteiger partial charge on any atom is -0.394 e. The van der Waals surface area contributed by atoms with Crippen LogP contribution >= 0.6 is 0 Å². The van der Waals surface area contributed by atoms with Crippen LogP contribution in [0.5, 0.6) is 0 Å². The third-order valence-electron chi connectivity index (χ3n) is 3.25. The lowest BCUT2D eigenvalue weighted by Crippen LogP contribution is -2.46. The second kappa shape index (κ2) is 9.86. The van der Waals surface area contributed by atoms with Gasteiger partial charge >= 0.3 is 0 Å². The maximum Gasteiger partial charge on any atom is 0.0610 e.